The minimum Gasteiger partial charge on any atom is -0.387 e. The van der Waals surface area contributed by atoms with Gasteiger partial charge in [0.05, 0.1) is 23.4 Å². The highest BCUT2D eigenvalue weighted by atomic mass is 35.5. The van der Waals surface area contributed by atoms with E-state index in [-0.39, 0.29) is 11.6 Å². The molecule has 22 heavy (non-hydrogen) atoms. The second kappa shape index (κ2) is 7.24. The SMILES string of the molecule is Cn1nccc1CNC(=O)NC[C@@H](O)c1ccc(Cl)c(F)c1. The minimum absolute atomic E-state index is 0.0159. The maximum Gasteiger partial charge on any atom is 0.315 e. The third kappa shape index (κ3) is 4.19. The van der Waals surface area contributed by atoms with Crippen LogP contribution >= 0.6 is 11.6 Å². The number of benzene rings is 1. The molecule has 0 saturated carbocycles. The van der Waals surface area contributed by atoms with Crippen LogP contribution in [0.2, 0.25) is 5.02 Å². The van der Waals surface area contributed by atoms with Crippen molar-refractivity contribution in [2.24, 2.45) is 7.05 Å². The molecule has 0 aliphatic heterocycles. The minimum atomic E-state index is -1.02. The molecule has 0 fully saturated rings. The van der Waals surface area contributed by atoms with Crippen molar-refractivity contribution in [3.63, 3.8) is 0 Å². The smallest absolute Gasteiger partial charge is 0.315 e. The van der Waals surface area contributed by atoms with Crippen molar-refractivity contribution >= 4 is 17.6 Å². The molecular weight excluding hydrogens is 311 g/mol. The molecular formula is C14H16ClFN4O2. The number of aliphatic hydroxyl groups is 1. The number of amides is 2. The van der Waals surface area contributed by atoms with Crippen molar-refractivity contribution in [1.29, 1.82) is 0 Å². The molecule has 0 bridgehead atoms. The summed E-state index contributed by atoms with van der Waals surface area (Å²) in [6, 6.07) is 5.35. The first-order valence-electron chi connectivity index (χ1n) is 6.59. The fraction of sp³-hybridized carbons (Fsp3) is 0.286. The van der Waals surface area contributed by atoms with Gasteiger partial charge in [0.25, 0.3) is 0 Å². The number of aliphatic hydroxyl groups excluding tert-OH is 1. The van der Waals surface area contributed by atoms with E-state index < -0.39 is 18.0 Å². The largest absolute Gasteiger partial charge is 0.387 e. The van der Waals surface area contributed by atoms with E-state index in [1.54, 1.807) is 24.0 Å². The summed E-state index contributed by atoms with van der Waals surface area (Å²) in [6.07, 6.45) is 0.613. The Morgan fingerprint density at radius 2 is 2.23 bits per heavy atom. The molecule has 0 radical (unpaired) electrons. The number of nitrogens with zero attached hydrogens (tertiary/aromatic N) is 2. The van der Waals surface area contributed by atoms with Crippen molar-refractivity contribution in [1.82, 2.24) is 20.4 Å². The first-order valence-corrected chi connectivity index (χ1v) is 6.96. The van der Waals surface area contributed by atoms with Gasteiger partial charge in [0, 0.05) is 19.8 Å². The zero-order valence-electron chi connectivity index (χ0n) is 11.9. The van der Waals surface area contributed by atoms with Crippen LogP contribution < -0.4 is 10.6 Å². The van der Waals surface area contributed by atoms with Gasteiger partial charge < -0.3 is 15.7 Å². The molecule has 118 valence electrons. The Hall–Kier alpha value is -2.12. The molecule has 0 unspecified atom stereocenters. The van der Waals surface area contributed by atoms with E-state index in [0.29, 0.717) is 12.1 Å². The molecule has 1 atom stereocenters. The van der Waals surface area contributed by atoms with Gasteiger partial charge in [-0.25, -0.2) is 9.18 Å². The number of carbonyl (C=O) groups is 1. The van der Waals surface area contributed by atoms with E-state index >= 15 is 0 Å². The molecule has 1 aromatic heterocycles. The average Bonchev–Trinajstić information content (AvgIpc) is 2.90. The Morgan fingerprint density at radius 1 is 1.45 bits per heavy atom. The normalized spacial score (nSPS) is 12.0. The molecule has 0 saturated heterocycles. The Labute approximate surface area is 131 Å². The highest BCUT2D eigenvalue weighted by molar-refractivity contribution is 6.30. The molecule has 0 spiro atoms. The fourth-order valence-electron chi connectivity index (χ4n) is 1.83. The van der Waals surface area contributed by atoms with E-state index in [9.17, 15) is 14.3 Å². The van der Waals surface area contributed by atoms with Gasteiger partial charge in [-0.1, -0.05) is 17.7 Å². The van der Waals surface area contributed by atoms with Crippen LogP contribution in [-0.4, -0.2) is 27.5 Å². The van der Waals surface area contributed by atoms with Crippen LogP contribution in [0.4, 0.5) is 9.18 Å². The third-order valence-corrected chi connectivity index (χ3v) is 3.44. The predicted molar refractivity (Wildman–Crippen MR) is 79.8 cm³/mol. The molecule has 3 N–H and O–H groups in total. The standard InChI is InChI=1S/C14H16ClFN4O2/c1-20-10(4-5-19-20)7-17-14(22)18-8-13(21)9-2-3-11(15)12(16)6-9/h2-6,13,21H,7-8H2,1H3,(H2,17,18,22)/t13-/m1/s1. The number of aryl methyl sites for hydroxylation is 1. The number of hydrogen-bond donors (Lipinski definition) is 3. The fourth-order valence-corrected chi connectivity index (χ4v) is 1.95. The highest BCUT2D eigenvalue weighted by Crippen LogP contribution is 2.19. The van der Waals surface area contributed by atoms with E-state index in [4.69, 9.17) is 11.6 Å². The van der Waals surface area contributed by atoms with Crippen molar-refractivity contribution in [2.45, 2.75) is 12.6 Å². The lowest BCUT2D eigenvalue weighted by Gasteiger charge is -2.13. The maximum atomic E-state index is 13.3. The monoisotopic (exact) mass is 326 g/mol. The summed E-state index contributed by atoms with van der Waals surface area (Å²) in [5, 5.41) is 19.0. The molecule has 0 aliphatic rings. The van der Waals surface area contributed by atoms with Gasteiger partial charge in [0.1, 0.15) is 5.82 Å². The molecule has 8 heteroatoms. The number of rotatable bonds is 5. The van der Waals surface area contributed by atoms with Crippen LogP contribution in [0.5, 0.6) is 0 Å². The number of aromatic nitrogens is 2. The van der Waals surface area contributed by atoms with Gasteiger partial charge in [-0.3, -0.25) is 4.68 Å². The summed E-state index contributed by atoms with van der Waals surface area (Å²) >= 11 is 5.57. The summed E-state index contributed by atoms with van der Waals surface area (Å²) in [6.45, 7) is 0.270. The van der Waals surface area contributed by atoms with Gasteiger partial charge in [-0.2, -0.15) is 5.10 Å². The molecule has 2 rings (SSSR count). The van der Waals surface area contributed by atoms with Crippen molar-refractivity contribution in [3.8, 4) is 0 Å². The number of nitrogens with one attached hydrogen (secondary N) is 2. The highest BCUT2D eigenvalue weighted by Gasteiger charge is 2.12. The van der Waals surface area contributed by atoms with Crippen molar-refractivity contribution < 1.29 is 14.3 Å². The zero-order valence-corrected chi connectivity index (χ0v) is 12.6. The van der Waals surface area contributed by atoms with Crippen molar-refractivity contribution in [3.05, 3.63) is 52.6 Å². The van der Waals surface area contributed by atoms with Gasteiger partial charge >= 0.3 is 6.03 Å². The van der Waals surface area contributed by atoms with E-state index in [0.717, 1.165) is 11.8 Å². The lowest BCUT2D eigenvalue weighted by atomic mass is 10.1. The predicted octanol–water partition coefficient (Wildman–Crippen LogP) is 1.75. The molecule has 2 amide bonds. The molecule has 0 aliphatic carbocycles. The lowest BCUT2D eigenvalue weighted by Crippen LogP contribution is -2.37. The quantitative estimate of drug-likeness (QED) is 0.783. The van der Waals surface area contributed by atoms with Crippen LogP contribution in [0.3, 0.4) is 0 Å². The van der Waals surface area contributed by atoms with E-state index in [1.165, 1.54) is 12.1 Å². The van der Waals surface area contributed by atoms with Crippen molar-refractivity contribution in [2.75, 3.05) is 6.54 Å². The summed E-state index contributed by atoms with van der Waals surface area (Å²) in [5.41, 5.74) is 1.18. The van der Waals surface area contributed by atoms with Crippen LogP contribution in [0.15, 0.2) is 30.5 Å². The van der Waals surface area contributed by atoms with Crippen LogP contribution in [0.1, 0.15) is 17.4 Å². The van der Waals surface area contributed by atoms with Gasteiger partial charge in [0.2, 0.25) is 0 Å². The summed E-state index contributed by atoms with van der Waals surface area (Å²) in [4.78, 5) is 11.6. The van der Waals surface area contributed by atoms with Crippen LogP contribution in [0, 0.1) is 5.82 Å². The number of hydrogen-bond acceptors (Lipinski definition) is 3. The second-order valence-electron chi connectivity index (χ2n) is 4.70. The number of carbonyl (C=O) groups excluding carboxylic acids is 1. The Morgan fingerprint density at radius 3 is 2.86 bits per heavy atom. The van der Waals surface area contributed by atoms with Gasteiger partial charge in [0.15, 0.2) is 0 Å². The summed E-state index contributed by atoms with van der Waals surface area (Å²) < 4.78 is 14.9. The maximum absolute atomic E-state index is 13.3. The molecule has 2 aromatic rings. The van der Waals surface area contributed by atoms with E-state index in [2.05, 4.69) is 15.7 Å². The number of urea groups is 1. The van der Waals surface area contributed by atoms with Crippen LogP contribution in [-0.2, 0) is 13.6 Å². The molecule has 1 aromatic carbocycles. The lowest BCUT2D eigenvalue weighted by molar-refractivity contribution is 0.172. The Bertz CT molecular complexity index is 662. The second-order valence-corrected chi connectivity index (χ2v) is 5.11. The Kier molecular flexibility index (Phi) is 5.35. The third-order valence-electron chi connectivity index (χ3n) is 3.14. The first-order chi connectivity index (χ1) is 10.5. The molecule has 1 heterocycles. The Balaban J connectivity index is 1.80. The van der Waals surface area contributed by atoms with Gasteiger partial charge in [-0.05, 0) is 23.8 Å². The number of halogens is 2. The topological polar surface area (TPSA) is 79.2 Å². The van der Waals surface area contributed by atoms with Gasteiger partial charge in [-0.15, -0.1) is 0 Å². The van der Waals surface area contributed by atoms with E-state index in [1.807, 2.05) is 0 Å². The average molecular weight is 327 g/mol. The van der Waals surface area contributed by atoms with Crippen LogP contribution in [0.25, 0.3) is 0 Å². The summed E-state index contributed by atoms with van der Waals surface area (Å²) in [7, 11) is 1.77. The molecule has 6 nitrogen and oxygen atoms in total. The first kappa shape index (κ1) is 16.3. The zero-order chi connectivity index (χ0) is 16.1. The summed E-state index contributed by atoms with van der Waals surface area (Å²) in [5.74, 6) is -0.612.